The van der Waals surface area contributed by atoms with Gasteiger partial charge >= 0.3 is 11.9 Å². The van der Waals surface area contributed by atoms with Crippen LogP contribution in [0.5, 0.6) is 0 Å². The molecule has 0 amide bonds. The van der Waals surface area contributed by atoms with E-state index in [2.05, 4.69) is 6.92 Å². The van der Waals surface area contributed by atoms with E-state index in [9.17, 15) is 9.59 Å². The maximum Gasteiger partial charge on any atom is 0.335 e. The molecule has 4 nitrogen and oxygen atoms in total. The van der Waals surface area contributed by atoms with E-state index in [4.69, 9.17) is 10.2 Å². The first-order valence-corrected chi connectivity index (χ1v) is 3.95. The van der Waals surface area contributed by atoms with Crippen LogP contribution in [0.3, 0.4) is 0 Å². The number of rotatable bonds is 3. The smallest absolute Gasteiger partial charge is 0.335 e. The summed E-state index contributed by atoms with van der Waals surface area (Å²) in [5.41, 5.74) is 0.257. The van der Waals surface area contributed by atoms with Crippen molar-refractivity contribution in [2.45, 2.75) is 6.42 Å². The topological polar surface area (TPSA) is 74.6 Å². The second kappa shape index (κ2) is 3.91. The zero-order valence-electron chi connectivity index (χ0n) is 7.36. The Labute approximate surface area is 80.8 Å². The second-order valence-electron chi connectivity index (χ2n) is 2.69. The minimum Gasteiger partial charge on any atom is -0.478 e. The summed E-state index contributed by atoms with van der Waals surface area (Å²) in [4.78, 5) is 21.5. The Balaban J connectivity index is 3.39. The normalized spacial score (nSPS) is 9.79. The third-order valence-corrected chi connectivity index (χ3v) is 1.89. The molecule has 0 saturated carbocycles. The Morgan fingerprint density at radius 3 is 1.86 bits per heavy atom. The van der Waals surface area contributed by atoms with E-state index in [1.54, 1.807) is 0 Å². The number of hydrogen-bond donors (Lipinski definition) is 2. The summed E-state index contributed by atoms with van der Waals surface area (Å²) in [6.45, 7) is 3.52. The van der Waals surface area contributed by atoms with Crippen LogP contribution >= 0.6 is 0 Å². The molecule has 0 aliphatic heterocycles. The van der Waals surface area contributed by atoms with E-state index in [-0.39, 0.29) is 23.1 Å². The van der Waals surface area contributed by atoms with Crippen molar-refractivity contribution < 1.29 is 19.8 Å². The van der Waals surface area contributed by atoms with Gasteiger partial charge in [0, 0.05) is 0 Å². The molecular formula is C10H9O4. The third kappa shape index (κ3) is 1.74. The van der Waals surface area contributed by atoms with Gasteiger partial charge in [-0.15, -0.1) is 0 Å². The third-order valence-electron chi connectivity index (χ3n) is 1.89. The first-order valence-electron chi connectivity index (χ1n) is 3.95. The quantitative estimate of drug-likeness (QED) is 0.762. The van der Waals surface area contributed by atoms with Gasteiger partial charge < -0.3 is 10.2 Å². The summed E-state index contributed by atoms with van der Waals surface area (Å²) in [5.74, 6) is -2.27. The molecule has 4 heteroatoms. The van der Waals surface area contributed by atoms with Gasteiger partial charge in [-0.1, -0.05) is 6.07 Å². The number of carboxylic acids is 2. The second-order valence-corrected chi connectivity index (χ2v) is 2.69. The van der Waals surface area contributed by atoms with E-state index in [0.717, 1.165) is 0 Å². The highest BCUT2D eigenvalue weighted by atomic mass is 16.4. The van der Waals surface area contributed by atoms with E-state index in [0.29, 0.717) is 0 Å². The minimum absolute atomic E-state index is 0.0000926. The Kier molecular flexibility index (Phi) is 2.86. The Bertz CT molecular complexity index is 349. The van der Waals surface area contributed by atoms with Crippen molar-refractivity contribution in [2.24, 2.45) is 0 Å². The van der Waals surface area contributed by atoms with Gasteiger partial charge in [-0.2, -0.15) is 0 Å². The summed E-state index contributed by atoms with van der Waals surface area (Å²) in [7, 11) is 0. The van der Waals surface area contributed by atoms with Crippen LogP contribution in [0.2, 0.25) is 0 Å². The highest BCUT2D eigenvalue weighted by Crippen LogP contribution is 2.15. The summed E-state index contributed by atoms with van der Waals surface area (Å²) in [6, 6.07) is 4.15. The lowest BCUT2D eigenvalue weighted by atomic mass is 9.99. The van der Waals surface area contributed by atoms with Crippen LogP contribution in [0.25, 0.3) is 0 Å². The zero-order valence-corrected chi connectivity index (χ0v) is 7.36. The zero-order chi connectivity index (χ0) is 10.7. The molecule has 0 saturated heterocycles. The molecule has 0 unspecified atom stereocenters. The van der Waals surface area contributed by atoms with E-state index < -0.39 is 11.9 Å². The molecule has 1 radical (unpaired) electrons. The van der Waals surface area contributed by atoms with Gasteiger partial charge in [-0.25, -0.2) is 9.59 Å². The molecule has 1 rings (SSSR count). The van der Waals surface area contributed by atoms with Crippen LogP contribution in [-0.4, -0.2) is 22.2 Å². The summed E-state index contributed by atoms with van der Waals surface area (Å²) >= 11 is 0. The molecule has 0 spiro atoms. The van der Waals surface area contributed by atoms with Crippen molar-refractivity contribution in [3.63, 3.8) is 0 Å². The van der Waals surface area contributed by atoms with Gasteiger partial charge in [0.25, 0.3) is 0 Å². The first-order chi connectivity index (χ1) is 6.57. The first kappa shape index (κ1) is 10.2. The molecule has 0 aliphatic rings. The lowest BCUT2D eigenvalue weighted by Gasteiger charge is -2.06. The van der Waals surface area contributed by atoms with Crippen LogP contribution < -0.4 is 0 Å². The maximum absolute atomic E-state index is 10.7. The minimum atomic E-state index is -1.13. The highest BCUT2D eigenvalue weighted by Gasteiger charge is 2.15. The van der Waals surface area contributed by atoms with Crippen molar-refractivity contribution in [1.29, 1.82) is 0 Å². The van der Waals surface area contributed by atoms with Gasteiger partial charge in [-0.3, -0.25) is 0 Å². The summed E-state index contributed by atoms with van der Waals surface area (Å²) in [6.07, 6.45) is 0.143. The number of carbonyl (C=O) groups is 2. The van der Waals surface area contributed by atoms with Gasteiger partial charge in [-0.05, 0) is 31.0 Å². The lowest BCUT2D eigenvalue weighted by molar-refractivity contribution is 0.0696. The predicted octanol–water partition coefficient (Wildman–Crippen LogP) is 1.46. The fourth-order valence-corrected chi connectivity index (χ4v) is 1.26. The number of hydrogen-bond acceptors (Lipinski definition) is 2. The molecular weight excluding hydrogens is 184 g/mol. The van der Waals surface area contributed by atoms with Crippen LogP contribution in [0.1, 0.15) is 26.3 Å². The predicted molar refractivity (Wildman–Crippen MR) is 49.4 cm³/mol. The molecule has 0 fully saturated rings. The average Bonchev–Trinajstić information content (AvgIpc) is 2.16. The number of carboxylic acid groups (broad SMARTS) is 2. The molecule has 1 aromatic rings. The number of aromatic carboxylic acids is 2. The van der Waals surface area contributed by atoms with Gasteiger partial charge in [0.1, 0.15) is 0 Å². The van der Waals surface area contributed by atoms with Crippen molar-refractivity contribution in [1.82, 2.24) is 0 Å². The fraction of sp³-hybridized carbons (Fsp3) is 0.100. The van der Waals surface area contributed by atoms with Crippen molar-refractivity contribution >= 4 is 11.9 Å². The average molecular weight is 193 g/mol. The van der Waals surface area contributed by atoms with Gasteiger partial charge in [0.05, 0.1) is 11.1 Å². The fourth-order valence-electron chi connectivity index (χ4n) is 1.26. The molecule has 2 N–H and O–H groups in total. The molecule has 0 heterocycles. The lowest BCUT2D eigenvalue weighted by Crippen LogP contribution is -2.08. The van der Waals surface area contributed by atoms with Crippen molar-refractivity contribution in [3.05, 3.63) is 41.8 Å². The maximum atomic E-state index is 10.7. The number of benzene rings is 1. The van der Waals surface area contributed by atoms with Gasteiger partial charge in [0.2, 0.25) is 0 Å². The van der Waals surface area contributed by atoms with Crippen LogP contribution in [0.4, 0.5) is 0 Å². The highest BCUT2D eigenvalue weighted by molar-refractivity contribution is 5.96. The van der Waals surface area contributed by atoms with E-state index >= 15 is 0 Å². The van der Waals surface area contributed by atoms with E-state index in [1.165, 1.54) is 18.2 Å². The molecule has 1 aromatic carbocycles. The standard InChI is InChI=1S/C10H9O4/c1-2-6-7(9(11)12)4-3-5-8(6)10(13)14/h3-5H,1-2H2,(H,11,12)(H,13,14). The Morgan fingerprint density at radius 1 is 1.14 bits per heavy atom. The molecule has 0 aliphatic carbocycles. The largest absolute Gasteiger partial charge is 0.478 e. The van der Waals surface area contributed by atoms with Crippen LogP contribution in [0, 0.1) is 6.92 Å². The van der Waals surface area contributed by atoms with Crippen LogP contribution in [-0.2, 0) is 6.42 Å². The Hall–Kier alpha value is -1.84. The van der Waals surface area contributed by atoms with Crippen LogP contribution in [0.15, 0.2) is 18.2 Å². The van der Waals surface area contributed by atoms with Crippen molar-refractivity contribution in [2.75, 3.05) is 0 Å². The van der Waals surface area contributed by atoms with E-state index in [1.807, 2.05) is 0 Å². The molecule has 14 heavy (non-hydrogen) atoms. The van der Waals surface area contributed by atoms with Gasteiger partial charge in [0.15, 0.2) is 0 Å². The SMILES string of the molecule is [CH2]Cc1c(C(=O)O)cccc1C(=O)O. The molecule has 0 atom stereocenters. The molecule has 73 valence electrons. The summed E-state index contributed by atoms with van der Waals surface area (Å²) < 4.78 is 0. The molecule has 0 bridgehead atoms. The van der Waals surface area contributed by atoms with Crippen molar-refractivity contribution in [3.8, 4) is 0 Å². The summed E-state index contributed by atoms with van der Waals surface area (Å²) in [5, 5.41) is 17.6. The Morgan fingerprint density at radius 2 is 1.57 bits per heavy atom. The molecule has 0 aromatic heterocycles. The monoisotopic (exact) mass is 193 g/mol.